The number of H-pyrrole nitrogens is 1. The lowest BCUT2D eigenvalue weighted by Crippen LogP contribution is -2.53. The number of amides is 2. The number of ether oxygens (including phenoxy) is 1. The van der Waals surface area contributed by atoms with Crippen LogP contribution in [0.1, 0.15) is 61.8 Å². The van der Waals surface area contributed by atoms with Gasteiger partial charge in [0.25, 0.3) is 0 Å². The Morgan fingerprint density at radius 1 is 1.05 bits per heavy atom. The van der Waals surface area contributed by atoms with Crippen LogP contribution in [-0.4, -0.2) is 57.5 Å². The van der Waals surface area contributed by atoms with Crippen molar-refractivity contribution in [1.82, 2.24) is 10.3 Å². The molecular weight excluding hydrogens is 722 g/mol. The van der Waals surface area contributed by atoms with Crippen molar-refractivity contribution in [2.45, 2.75) is 69.7 Å². The van der Waals surface area contributed by atoms with E-state index in [0.29, 0.717) is 57.9 Å². The number of aromatic amines is 1. The van der Waals surface area contributed by atoms with E-state index in [1.807, 2.05) is 55.5 Å². The van der Waals surface area contributed by atoms with Gasteiger partial charge in [0.05, 0.1) is 35.1 Å². The average Bonchev–Trinajstić information content (AvgIpc) is 3.17. The number of methoxy groups -OCH3 is 1. The molecule has 8 N–H and O–H groups in total. The zero-order chi connectivity index (χ0) is 39.3. The van der Waals surface area contributed by atoms with E-state index in [4.69, 9.17) is 22.1 Å². The number of carbonyl (C=O) groups excluding carboxylic acids is 1. The lowest BCUT2D eigenvalue weighted by atomic mass is 9.79. The van der Waals surface area contributed by atoms with E-state index in [1.165, 1.54) is 24.1 Å². The minimum absolute atomic E-state index is 0.0528. The Hall–Kier alpha value is -5.40. The zero-order valence-electron chi connectivity index (χ0n) is 30.8. The number of aromatic hydroxyl groups is 1. The van der Waals surface area contributed by atoms with Gasteiger partial charge in [-0.1, -0.05) is 60.1 Å². The van der Waals surface area contributed by atoms with Crippen LogP contribution in [0, 0.1) is 0 Å². The van der Waals surface area contributed by atoms with Crippen molar-refractivity contribution < 1.29 is 29.6 Å². The van der Waals surface area contributed by atoms with Crippen molar-refractivity contribution in [3.63, 3.8) is 0 Å². The number of carbonyl (C=O) groups is 2. The van der Waals surface area contributed by atoms with Crippen LogP contribution in [0.3, 0.4) is 0 Å². The number of aliphatic hydroxyl groups excluding tert-OH is 1. The molecule has 0 spiro atoms. The molecule has 13 heteroatoms. The number of benzene rings is 4. The number of pyridine rings is 1. The van der Waals surface area contributed by atoms with Gasteiger partial charge in [-0.05, 0) is 80.0 Å². The second kappa shape index (κ2) is 17.0. The van der Waals surface area contributed by atoms with Gasteiger partial charge in [-0.3, -0.25) is 14.5 Å². The topological polar surface area (TPSA) is 190 Å². The molecule has 1 atom stereocenters. The van der Waals surface area contributed by atoms with Gasteiger partial charge in [-0.15, -0.1) is 0 Å². The van der Waals surface area contributed by atoms with Crippen molar-refractivity contribution >= 4 is 45.9 Å². The number of carboxylic acid groups (broad SMARTS) is 1. The largest absolute Gasteiger partial charge is 0.506 e. The Morgan fingerprint density at radius 2 is 1.80 bits per heavy atom. The number of rotatable bonds is 13. The Kier molecular flexibility index (Phi) is 12.1. The fraction of sp³-hybridized carbons (Fsp3) is 0.310. The summed E-state index contributed by atoms with van der Waals surface area (Å²) in [6, 6.07) is 24.7. The third-order valence-electron chi connectivity index (χ3n) is 10.4. The fourth-order valence-corrected chi connectivity index (χ4v) is 7.62. The first-order valence-electron chi connectivity index (χ1n) is 18.2. The van der Waals surface area contributed by atoms with Gasteiger partial charge >= 0.3 is 6.09 Å². The number of nitrogens with zero attached hydrogens (tertiary/aromatic N) is 1. The summed E-state index contributed by atoms with van der Waals surface area (Å²) in [5.74, 6) is 0.103. The first-order valence-corrected chi connectivity index (χ1v) is 18.6. The van der Waals surface area contributed by atoms with E-state index in [1.54, 1.807) is 24.3 Å². The Bertz CT molecular complexity index is 2240. The van der Waals surface area contributed by atoms with E-state index >= 15 is 0 Å². The van der Waals surface area contributed by atoms with Gasteiger partial charge in [0.15, 0.2) is 0 Å². The van der Waals surface area contributed by atoms with Crippen molar-refractivity contribution in [3.05, 3.63) is 117 Å². The highest BCUT2D eigenvalue weighted by atomic mass is 35.5. The zero-order valence-corrected chi connectivity index (χ0v) is 31.5. The molecule has 12 nitrogen and oxygen atoms in total. The molecular formula is C42H46ClN5O7. The molecule has 5 aromatic rings. The summed E-state index contributed by atoms with van der Waals surface area (Å²) >= 11 is 6.64. The van der Waals surface area contributed by atoms with E-state index < -0.39 is 17.7 Å². The van der Waals surface area contributed by atoms with E-state index in [2.05, 4.69) is 15.6 Å². The lowest BCUT2D eigenvalue weighted by molar-refractivity contribution is -0.116. The molecule has 1 heterocycles. The summed E-state index contributed by atoms with van der Waals surface area (Å²) in [6.45, 7) is 2.40. The van der Waals surface area contributed by atoms with Crippen LogP contribution < -0.4 is 31.6 Å². The molecule has 0 unspecified atom stereocenters. The Morgan fingerprint density at radius 3 is 2.51 bits per heavy atom. The second-order valence-electron chi connectivity index (χ2n) is 14.3. The van der Waals surface area contributed by atoms with E-state index in [9.17, 15) is 29.7 Å². The molecule has 1 aliphatic rings. The van der Waals surface area contributed by atoms with E-state index in [0.717, 1.165) is 29.5 Å². The summed E-state index contributed by atoms with van der Waals surface area (Å²) in [4.78, 5) is 42.1. The number of anilines is 2. The number of aromatic nitrogens is 1. The predicted molar refractivity (Wildman–Crippen MR) is 215 cm³/mol. The number of halogens is 1. The van der Waals surface area contributed by atoms with E-state index in [-0.39, 0.29) is 48.3 Å². The van der Waals surface area contributed by atoms with Crippen LogP contribution in [-0.2, 0) is 17.8 Å². The first-order chi connectivity index (χ1) is 26.4. The van der Waals surface area contributed by atoms with Crippen molar-refractivity contribution in [1.29, 1.82) is 0 Å². The third-order valence-corrected chi connectivity index (χ3v) is 10.7. The number of aliphatic hydroxyl groups is 1. The first kappa shape index (κ1) is 39.3. The second-order valence-corrected chi connectivity index (χ2v) is 14.7. The molecule has 0 aliphatic heterocycles. The quantitative estimate of drug-likeness (QED) is 0.0655. The van der Waals surface area contributed by atoms with Gasteiger partial charge in [0.1, 0.15) is 11.5 Å². The van der Waals surface area contributed by atoms with Crippen LogP contribution in [0.5, 0.6) is 11.5 Å². The molecule has 0 radical (unpaired) electrons. The molecule has 0 saturated heterocycles. The maximum atomic E-state index is 13.3. The van der Waals surface area contributed by atoms with Gasteiger partial charge in [0, 0.05) is 59.7 Å². The van der Waals surface area contributed by atoms with Crippen LogP contribution in [0.25, 0.3) is 22.0 Å². The predicted octanol–water partition coefficient (Wildman–Crippen LogP) is 7.10. The van der Waals surface area contributed by atoms with Crippen LogP contribution in [0.2, 0.25) is 5.02 Å². The SMILES string of the molecule is COc1cc(NC(=O)CCc2ccc(-c3ccccc3)c(N(C(=O)O)C3(C)CCC(N)CC3)c2)c(Cl)cc1CNC[C@H](O)c1ccc(O)c2[nH]c(=O)ccc12. The summed E-state index contributed by atoms with van der Waals surface area (Å²) in [5, 5.41) is 38.6. The Labute approximate surface area is 323 Å². The number of phenolic OH excluding ortho intramolecular Hbond substituents is 1. The standard InChI is InChI=1S/C42H46ClN5O7/c1-42(18-16-28(44)17-19-42)48(41(53)54)34-20-25(8-10-29(34)26-6-4-3-5-7-26)9-14-38(51)46-33-22-37(55-2)27(21-32(33)43)23-45-24-36(50)30-11-13-35(49)40-31(30)12-15-39(52)47-40/h3-8,10-13,15,20-22,28,36,45,49-50H,9,14,16-19,23-24,44H2,1-2H3,(H,46,51)(H,47,52)(H,53,54)/t28?,36-,42?/m0/s1. The number of nitrogens with two attached hydrogens (primary N) is 1. The number of aryl methyl sites for hydroxylation is 1. The molecule has 4 aromatic carbocycles. The number of nitrogens with one attached hydrogen (secondary N) is 3. The molecule has 288 valence electrons. The number of hydrogen-bond acceptors (Lipinski definition) is 8. The maximum Gasteiger partial charge on any atom is 0.412 e. The van der Waals surface area contributed by atoms with Gasteiger partial charge in [0.2, 0.25) is 11.5 Å². The van der Waals surface area contributed by atoms with Crippen LogP contribution in [0.15, 0.2) is 89.7 Å². The highest BCUT2D eigenvalue weighted by Crippen LogP contribution is 2.41. The average molecular weight is 768 g/mol. The monoisotopic (exact) mass is 767 g/mol. The fourth-order valence-electron chi connectivity index (χ4n) is 7.38. The number of hydrogen-bond donors (Lipinski definition) is 7. The smallest absolute Gasteiger partial charge is 0.412 e. The normalized spacial score (nSPS) is 17.4. The highest BCUT2D eigenvalue weighted by Gasteiger charge is 2.40. The minimum Gasteiger partial charge on any atom is -0.506 e. The Balaban J connectivity index is 1.13. The maximum absolute atomic E-state index is 13.3. The number of phenols is 1. The summed E-state index contributed by atoms with van der Waals surface area (Å²) in [7, 11) is 1.51. The third kappa shape index (κ3) is 8.95. The van der Waals surface area contributed by atoms with Crippen molar-refractivity contribution in [2.24, 2.45) is 5.73 Å². The number of fused-ring (bicyclic) bond motifs is 1. The molecule has 1 fully saturated rings. The summed E-state index contributed by atoms with van der Waals surface area (Å²) in [6.07, 6.45) is 1.23. The highest BCUT2D eigenvalue weighted by molar-refractivity contribution is 6.33. The summed E-state index contributed by atoms with van der Waals surface area (Å²) in [5.41, 5.74) is 10.1. The molecule has 2 amide bonds. The van der Waals surface area contributed by atoms with Crippen molar-refractivity contribution in [3.8, 4) is 22.6 Å². The minimum atomic E-state index is -1.03. The van der Waals surface area contributed by atoms with Gasteiger partial charge in [-0.2, -0.15) is 0 Å². The summed E-state index contributed by atoms with van der Waals surface area (Å²) < 4.78 is 5.61. The molecule has 1 saturated carbocycles. The molecule has 55 heavy (non-hydrogen) atoms. The van der Waals surface area contributed by atoms with Gasteiger partial charge in [-0.25, -0.2) is 4.79 Å². The van der Waals surface area contributed by atoms with Gasteiger partial charge < -0.3 is 41.4 Å². The van der Waals surface area contributed by atoms with Crippen LogP contribution >= 0.6 is 11.6 Å². The van der Waals surface area contributed by atoms with Crippen molar-refractivity contribution in [2.75, 3.05) is 23.9 Å². The molecule has 1 aromatic heterocycles. The molecule has 6 rings (SSSR count). The molecule has 0 bridgehead atoms. The van der Waals surface area contributed by atoms with Crippen LogP contribution in [0.4, 0.5) is 16.2 Å². The lowest BCUT2D eigenvalue weighted by Gasteiger charge is -2.44. The molecule has 1 aliphatic carbocycles.